The second kappa shape index (κ2) is 12.4. The monoisotopic (exact) mass is 516 g/mol. The fraction of sp³-hybridized carbons (Fsp3) is 0.500. The van der Waals surface area contributed by atoms with Gasteiger partial charge in [-0.1, -0.05) is 31.8 Å². The number of nitrogens with zero attached hydrogens (tertiary/aromatic N) is 2. The number of anilines is 1. The maximum absolute atomic E-state index is 12.5. The Labute approximate surface area is 213 Å². The molecule has 190 valence electrons. The molecule has 0 N–H and O–H groups in total. The van der Waals surface area contributed by atoms with Crippen LogP contribution in [-0.4, -0.2) is 57.5 Å². The van der Waals surface area contributed by atoms with E-state index in [0.717, 1.165) is 16.6 Å². The minimum absolute atomic E-state index is 0.00853. The van der Waals surface area contributed by atoms with Crippen LogP contribution in [-0.2, 0) is 14.3 Å². The molecular weight excluding hydrogens is 480 g/mol. The average Bonchev–Trinajstić information content (AvgIpc) is 3.27. The molecule has 2 heterocycles. The maximum Gasteiger partial charge on any atom is 0.409 e. The van der Waals surface area contributed by atoms with Crippen molar-refractivity contribution in [2.24, 2.45) is 0 Å². The predicted octanol–water partition coefficient (Wildman–Crippen LogP) is 5.75. The van der Waals surface area contributed by atoms with Crippen LogP contribution in [0.15, 0.2) is 41.8 Å². The first-order valence-corrected chi connectivity index (χ1v) is 16.7. The number of ketones is 1. The van der Waals surface area contributed by atoms with Gasteiger partial charge in [0.15, 0.2) is 0 Å². The Morgan fingerprint density at radius 3 is 2.71 bits per heavy atom. The molecule has 0 radical (unpaired) electrons. The molecule has 1 aromatic heterocycles. The molecular formula is C26H36N2O5SSi. The zero-order valence-corrected chi connectivity index (χ0v) is 22.9. The van der Waals surface area contributed by atoms with Crippen LogP contribution < -0.4 is 9.64 Å². The van der Waals surface area contributed by atoms with Gasteiger partial charge in [-0.15, -0.1) is 11.3 Å². The Hall–Kier alpha value is -2.65. The summed E-state index contributed by atoms with van der Waals surface area (Å²) < 4.78 is 11.8. The van der Waals surface area contributed by atoms with Crippen molar-refractivity contribution in [1.82, 2.24) is 4.90 Å². The summed E-state index contributed by atoms with van der Waals surface area (Å²) in [5, 5.41) is 2.00. The molecule has 9 heteroatoms. The molecule has 7 nitrogen and oxygen atoms in total. The maximum atomic E-state index is 12.5. The van der Waals surface area contributed by atoms with Gasteiger partial charge in [-0.3, -0.25) is 9.59 Å². The summed E-state index contributed by atoms with van der Waals surface area (Å²) >= 11 is 1.61. The summed E-state index contributed by atoms with van der Waals surface area (Å²) in [4.78, 5) is 41.1. The number of benzene rings is 1. The van der Waals surface area contributed by atoms with E-state index in [9.17, 15) is 14.4 Å². The molecule has 1 aliphatic heterocycles. The van der Waals surface area contributed by atoms with Crippen LogP contribution in [0.2, 0.25) is 25.7 Å². The van der Waals surface area contributed by atoms with E-state index < -0.39 is 8.07 Å². The molecule has 0 unspecified atom stereocenters. The van der Waals surface area contributed by atoms with Crippen LogP contribution in [0.5, 0.6) is 5.75 Å². The van der Waals surface area contributed by atoms with E-state index >= 15 is 0 Å². The van der Waals surface area contributed by atoms with Crippen molar-refractivity contribution in [3.63, 3.8) is 0 Å². The lowest BCUT2D eigenvalue weighted by Crippen LogP contribution is -2.31. The normalized spacial score (nSPS) is 15.5. The van der Waals surface area contributed by atoms with Gasteiger partial charge in [0, 0.05) is 57.7 Å². The fourth-order valence-corrected chi connectivity index (χ4v) is 5.27. The van der Waals surface area contributed by atoms with E-state index in [1.54, 1.807) is 28.2 Å². The average molecular weight is 517 g/mol. The molecule has 2 aromatic rings. The fourth-order valence-electron chi connectivity index (χ4n) is 3.76. The first-order chi connectivity index (χ1) is 16.6. The van der Waals surface area contributed by atoms with Gasteiger partial charge in [0.05, 0.1) is 13.0 Å². The summed E-state index contributed by atoms with van der Waals surface area (Å²) in [6, 6.07) is 12.4. The van der Waals surface area contributed by atoms with Crippen molar-refractivity contribution >= 4 is 42.9 Å². The SMILES string of the molecule is CN(CC[C@H](Oc1cccc(N2CCCC(=O)CC2=O)c1)c1cccs1)C(=O)OCC[Si](C)(C)C. The van der Waals surface area contributed by atoms with Crippen molar-refractivity contribution in [1.29, 1.82) is 0 Å². The Bertz CT molecular complexity index is 1010. The van der Waals surface area contributed by atoms with E-state index in [1.165, 1.54) is 0 Å². The molecule has 2 amide bonds. The van der Waals surface area contributed by atoms with Gasteiger partial charge in [0.25, 0.3) is 0 Å². The second-order valence-corrected chi connectivity index (χ2v) is 16.7. The van der Waals surface area contributed by atoms with E-state index in [-0.39, 0.29) is 30.3 Å². The summed E-state index contributed by atoms with van der Waals surface area (Å²) in [5.41, 5.74) is 0.732. The molecule has 0 bridgehead atoms. The van der Waals surface area contributed by atoms with Gasteiger partial charge in [0.2, 0.25) is 5.91 Å². The third-order valence-corrected chi connectivity index (χ3v) is 8.54. The molecule has 1 atom stereocenters. The standard InChI is InChI=1S/C26H36N2O5SSi/c1-27(26(31)32-15-17-35(2,3)4)14-12-23(24-11-7-16-34-24)33-22-10-5-8-20(18-22)28-13-6-9-21(29)19-25(28)30/h5,7-8,10-11,16,18,23H,6,9,12-15,17,19H2,1-4H3/t23-/m0/s1. The zero-order chi connectivity index (χ0) is 25.4. The van der Waals surface area contributed by atoms with Crippen molar-refractivity contribution < 1.29 is 23.9 Å². The third-order valence-electron chi connectivity index (χ3n) is 5.87. The van der Waals surface area contributed by atoms with Crippen molar-refractivity contribution in [3.05, 3.63) is 46.7 Å². The lowest BCUT2D eigenvalue weighted by molar-refractivity contribution is -0.125. The first kappa shape index (κ1) is 26.9. The third kappa shape index (κ3) is 8.50. The van der Waals surface area contributed by atoms with Crippen molar-refractivity contribution in [2.75, 3.05) is 31.6 Å². The smallest absolute Gasteiger partial charge is 0.409 e. The van der Waals surface area contributed by atoms with Gasteiger partial charge in [-0.25, -0.2) is 4.79 Å². The summed E-state index contributed by atoms with van der Waals surface area (Å²) in [6.07, 6.45) is 1.08. The van der Waals surface area contributed by atoms with Gasteiger partial charge in [-0.2, -0.15) is 0 Å². The molecule has 1 fully saturated rings. The summed E-state index contributed by atoms with van der Waals surface area (Å²) in [6.45, 7) is 8.23. The number of carbonyl (C=O) groups is 3. The highest BCUT2D eigenvalue weighted by Gasteiger charge is 2.24. The summed E-state index contributed by atoms with van der Waals surface area (Å²) in [7, 11) is 0.487. The van der Waals surface area contributed by atoms with E-state index in [2.05, 4.69) is 19.6 Å². The van der Waals surface area contributed by atoms with Crippen LogP contribution in [0.4, 0.5) is 10.5 Å². The lowest BCUT2D eigenvalue weighted by atomic mass is 10.2. The molecule has 1 saturated heterocycles. The number of rotatable bonds is 10. The van der Waals surface area contributed by atoms with E-state index in [0.29, 0.717) is 44.7 Å². The molecule has 0 aliphatic carbocycles. The highest BCUT2D eigenvalue weighted by atomic mass is 32.1. The van der Waals surface area contributed by atoms with E-state index in [4.69, 9.17) is 9.47 Å². The van der Waals surface area contributed by atoms with Crippen LogP contribution in [0.25, 0.3) is 0 Å². The second-order valence-electron chi connectivity index (χ2n) is 10.1. The predicted molar refractivity (Wildman–Crippen MR) is 142 cm³/mol. The van der Waals surface area contributed by atoms with E-state index in [1.807, 2.05) is 41.8 Å². The number of ether oxygens (including phenoxy) is 2. The van der Waals surface area contributed by atoms with Crippen molar-refractivity contribution in [2.45, 2.75) is 57.5 Å². The largest absolute Gasteiger partial charge is 0.485 e. The summed E-state index contributed by atoms with van der Waals surface area (Å²) in [5.74, 6) is 0.462. The number of Topliss-reactive ketones (excluding diaryl/α,β-unsaturated/α-hetero) is 1. The number of amides is 2. The zero-order valence-electron chi connectivity index (χ0n) is 21.1. The van der Waals surface area contributed by atoms with Gasteiger partial charge in [-0.05, 0) is 36.0 Å². The first-order valence-electron chi connectivity index (χ1n) is 12.1. The highest BCUT2D eigenvalue weighted by molar-refractivity contribution is 7.10. The van der Waals surface area contributed by atoms with Gasteiger partial charge in [0.1, 0.15) is 17.6 Å². The van der Waals surface area contributed by atoms with Crippen LogP contribution in [0.3, 0.4) is 0 Å². The number of hydrogen-bond acceptors (Lipinski definition) is 6. The number of hydrogen-bond donors (Lipinski definition) is 0. The minimum Gasteiger partial charge on any atom is -0.485 e. The van der Waals surface area contributed by atoms with Crippen LogP contribution >= 0.6 is 11.3 Å². The molecule has 0 saturated carbocycles. The molecule has 35 heavy (non-hydrogen) atoms. The van der Waals surface area contributed by atoms with Crippen LogP contribution in [0.1, 0.15) is 36.7 Å². The Balaban J connectivity index is 1.64. The number of thiophene rings is 1. The highest BCUT2D eigenvalue weighted by Crippen LogP contribution is 2.31. The lowest BCUT2D eigenvalue weighted by Gasteiger charge is -2.24. The Kier molecular flexibility index (Phi) is 9.51. The van der Waals surface area contributed by atoms with Gasteiger partial charge < -0.3 is 19.3 Å². The molecule has 3 rings (SSSR count). The Morgan fingerprint density at radius 2 is 2.00 bits per heavy atom. The van der Waals surface area contributed by atoms with Crippen molar-refractivity contribution in [3.8, 4) is 5.75 Å². The minimum atomic E-state index is -1.26. The quantitative estimate of drug-likeness (QED) is 0.297. The van der Waals surface area contributed by atoms with Gasteiger partial charge >= 0.3 is 6.09 Å². The molecule has 1 aliphatic rings. The molecule has 1 aromatic carbocycles. The topological polar surface area (TPSA) is 76.2 Å². The Morgan fingerprint density at radius 1 is 1.20 bits per heavy atom. The number of carbonyl (C=O) groups excluding carboxylic acids is 3. The van der Waals surface area contributed by atoms with Crippen LogP contribution in [0, 0.1) is 0 Å². The molecule has 0 spiro atoms.